The Morgan fingerprint density at radius 3 is 2.51 bits per heavy atom. The fourth-order valence-electron chi connectivity index (χ4n) is 3.88. The number of benzene rings is 1. The van der Waals surface area contributed by atoms with Gasteiger partial charge >= 0.3 is 11.9 Å². The van der Waals surface area contributed by atoms with Crippen LogP contribution in [-0.4, -0.2) is 125 Å². The number of phenols is 1. The van der Waals surface area contributed by atoms with Gasteiger partial charge in [0.05, 0.1) is 6.61 Å². The van der Waals surface area contributed by atoms with E-state index in [1.165, 1.54) is 28.9 Å². The van der Waals surface area contributed by atoms with Crippen molar-refractivity contribution in [3.05, 3.63) is 41.1 Å². The average molecular weight is 543 g/mol. The first-order chi connectivity index (χ1) is 17.1. The Morgan fingerprint density at radius 1 is 1.30 bits per heavy atom. The summed E-state index contributed by atoms with van der Waals surface area (Å²) >= 11 is 1.14. The molecule has 1 unspecified atom stereocenters. The second kappa shape index (κ2) is 11.2. The molecule has 4 rings (SSSR count). The molecule has 37 heavy (non-hydrogen) atoms. The zero-order valence-electron chi connectivity index (χ0n) is 19.8. The van der Waals surface area contributed by atoms with E-state index in [1.807, 2.05) is 0 Å². The molecule has 191 valence electrons. The van der Waals surface area contributed by atoms with Gasteiger partial charge in [-0.05, 0) is 33.7 Å². The first-order valence-electron chi connectivity index (χ1n) is 10.2. The van der Waals surface area contributed by atoms with Crippen LogP contribution in [0.25, 0.3) is 0 Å². The molecular weight excluding hydrogens is 523 g/mol. The van der Waals surface area contributed by atoms with Crippen molar-refractivity contribution in [3.8, 4) is 5.75 Å². The molecular formula is C20H20N6NaO9S. The Balaban J connectivity index is 0.00000380. The smallest absolute Gasteiger partial charge is 0.352 e. The minimum atomic E-state index is -2.14. The Morgan fingerprint density at radius 2 is 1.97 bits per heavy atom. The number of thioether (sulfide) groups is 1. The number of hydrogen-bond donors (Lipinski definition) is 4. The van der Waals surface area contributed by atoms with E-state index in [0.717, 1.165) is 23.8 Å². The van der Waals surface area contributed by atoms with E-state index in [9.17, 15) is 34.5 Å². The van der Waals surface area contributed by atoms with Gasteiger partial charge in [0.1, 0.15) is 11.4 Å². The molecule has 3 atom stereocenters. The number of ether oxygens (including phenoxy) is 2. The summed E-state index contributed by atoms with van der Waals surface area (Å²) in [5.41, 5.74) is -2.17. The van der Waals surface area contributed by atoms with Gasteiger partial charge in [0, 0.05) is 49.5 Å². The summed E-state index contributed by atoms with van der Waals surface area (Å²) in [6.07, 6.45) is -1.36. The number of nitrogens with one attached hydrogen (secondary N) is 1. The molecule has 0 spiro atoms. The number of aryl methyl sites for hydroxylation is 1. The Labute approximate surface area is 235 Å². The second-order valence-corrected chi connectivity index (χ2v) is 8.70. The van der Waals surface area contributed by atoms with Gasteiger partial charge in [-0.1, -0.05) is 23.9 Å². The van der Waals surface area contributed by atoms with Crippen molar-refractivity contribution in [2.24, 2.45) is 7.05 Å². The molecule has 1 fully saturated rings. The Hall–Kier alpha value is -3.02. The Bertz CT molecular complexity index is 1270. The van der Waals surface area contributed by atoms with Crippen LogP contribution in [0.3, 0.4) is 0 Å². The number of fused-ring (bicyclic) bond motifs is 1. The van der Waals surface area contributed by atoms with Crippen LogP contribution in [0.15, 0.2) is 40.7 Å². The number of β-lactam (4-membered cyclic amide) rings is 1. The number of aromatic nitrogens is 4. The molecule has 1 aromatic carbocycles. The standard InChI is InChI=1S/C20H20N6O9S.Na/c1-25-19(22-23-24-25)36-8-10-7-35-18-20(34-2,17(33)26(18)13(10)16(31)32)21-14(28)12(15(29)30)9-3-5-11(27)6-4-9;/h3-6,12,18,27H,7-8H2,1-2H3,(H,21,28)(H,29,30)(H,31,32);/t12?,18-,20+;/m1./s1. The largest absolute Gasteiger partial charge is 0.508 e. The monoisotopic (exact) mass is 543 g/mol. The zero-order valence-corrected chi connectivity index (χ0v) is 22.6. The topological polar surface area (TPSA) is 206 Å². The van der Waals surface area contributed by atoms with E-state index in [4.69, 9.17) is 9.47 Å². The molecule has 4 N–H and O–H groups in total. The van der Waals surface area contributed by atoms with E-state index >= 15 is 0 Å². The molecule has 1 radical (unpaired) electrons. The van der Waals surface area contributed by atoms with Gasteiger partial charge < -0.3 is 30.1 Å². The number of carboxylic acid groups (broad SMARTS) is 2. The number of tetrazole rings is 1. The molecule has 17 heteroatoms. The van der Waals surface area contributed by atoms with Crippen LogP contribution >= 0.6 is 11.8 Å². The number of aromatic hydroxyl groups is 1. The molecule has 2 aliphatic rings. The number of aliphatic carboxylic acids is 2. The van der Waals surface area contributed by atoms with Crippen LogP contribution in [0.1, 0.15) is 11.5 Å². The summed E-state index contributed by atoms with van der Waals surface area (Å²) in [5, 5.41) is 42.6. The number of carbonyl (C=O) groups is 4. The molecule has 2 aliphatic heterocycles. The van der Waals surface area contributed by atoms with Crippen molar-refractivity contribution in [3.63, 3.8) is 0 Å². The third-order valence-corrected chi connectivity index (χ3v) is 6.73. The predicted octanol–water partition coefficient (Wildman–Crippen LogP) is -1.51. The van der Waals surface area contributed by atoms with Gasteiger partial charge in [-0.3, -0.25) is 19.3 Å². The maximum Gasteiger partial charge on any atom is 0.352 e. The second-order valence-electron chi connectivity index (χ2n) is 7.76. The quantitative estimate of drug-likeness (QED) is 0.0934. The van der Waals surface area contributed by atoms with E-state index in [1.54, 1.807) is 7.05 Å². The van der Waals surface area contributed by atoms with E-state index in [0.29, 0.717) is 5.16 Å². The van der Waals surface area contributed by atoms with Gasteiger partial charge in [-0.2, -0.15) is 0 Å². The van der Waals surface area contributed by atoms with Gasteiger partial charge in [0.2, 0.25) is 11.1 Å². The number of carbonyl (C=O) groups excluding carboxylic acids is 2. The van der Waals surface area contributed by atoms with Gasteiger partial charge in [0.15, 0.2) is 12.1 Å². The summed E-state index contributed by atoms with van der Waals surface area (Å²) in [6, 6.07) is 4.93. The van der Waals surface area contributed by atoms with Crippen molar-refractivity contribution in [2.45, 2.75) is 23.0 Å². The number of amides is 2. The minimum Gasteiger partial charge on any atom is -0.508 e. The molecule has 2 aromatic rings. The maximum atomic E-state index is 13.2. The first kappa shape index (κ1) is 28.5. The van der Waals surface area contributed by atoms with Crippen molar-refractivity contribution in [1.29, 1.82) is 0 Å². The van der Waals surface area contributed by atoms with E-state index < -0.39 is 41.6 Å². The normalized spacial score (nSPS) is 21.4. The van der Waals surface area contributed by atoms with Crippen LogP contribution < -0.4 is 5.32 Å². The molecule has 15 nitrogen and oxygen atoms in total. The molecule has 0 aliphatic carbocycles. The molecule has 0 bridgehead atoms. The van der Waals surface area contributed by atoms with Crippen molar-refractivity contribution >= 4 is 65.1 Å². The Kier molecular flexibility index (Phi) is 8.61. The van der Waals surface area contributed by atoms with Crippen molar-refractivity contribution in [2.75, 3.05) is 19.5 Å². The number of rotatable bonds is 9. The number of methoxy groups -OCH3 is 1. The summed E-state index contributed by atoms with van der Waals surface area (Å²) in [5.74, 6) is -6.73. The SMILES string of the molecule is CO[C@@]1(NC(=O)C(C(=O)O)c2ccc(O)cc2)C(=O)N2C(C(=O)O)=C(CSc3nnnn3C)CO[C@@H]21.[Na]. The van der Waals surface area contributed by atoms with Crippen LogP contribution in [-0.2, 0) is 35.7 Å². The molecule has 0 saturated carbocycles. The van der Waals surface area contributed by atoms with Crippen molar-refractivity contribution in [1.82, 2.24) is 30.4 Å². The summed E-state index contributed by atoms with van der Waals surface area (Å²) in [4.78, 5) is 51.0. The molecule has 1 saturated heterocycles. The summed E-state index contributed by atoms with van der Waals surface area (Å²) in [6.45, 7) is -0.213. The van der Waals surface area contributed by atoms with Gasteiger partial charge in [-0.25, -0.2) is 9.48 Å². The fraction of sp³-hybridized carbons (Fsp3) is 0.350. The van der Waals surface area contributed by atoms with Gasteiger partial charge in [0.25, 0.3) is 11.6 Å². The third kappa shape index (κ3) is 5.07. The number of phenolic OH excluding ortho intramolecular Hbond substituents is 1. The summed E-state index contributed by atoms with van der Waals surface area (Å²) in [7, 11) is 2.71. The van der Waals surface area contributed by atoms with E-state index in [-0.39, 0.29) is 64.5 Å². The van der Waals surface area contributed by atoms with Crippen LogP contribution in [0.4, 0.5) is 0 Å². The number of nitrogens with zero attached hydrogens (tertiary/aromatic N) is 5. The fourth-order valence-corrected chi connectivity index (χ4v) is 4.72. The zero-order chi connectivity index (χ0) is 26.2. The van der Waals surface area contributed by atoms with Gasteiger partial charge in [-0.15, -0.1) is 5.10 Å². The van der Waals surface area contributed by atoms with E-state index in [2.05, 4.69) is 20.8 Å². The number of hydrogen-bond acceptors (Lipinski definition) is 11. The molecule has 1 aromatic heterocycles. The van der Waals surface area contributed by atoms with Crippen LogP contribution in [0, 0.1) is 0 Å². The average Bonchev–Trinajstić information content (AvgIpc) is 3.25. The first-order valence-corrected chi connectivity index (χ1v) is 11.2. The molecule has 2 amide bonds. The molecule has 3 heterocycles. The maximum absolute atomic E-state index is 13.2. The minimum absolute atomic E-state index is 0. The van der Waals surface area contributed by atoms with Crippen LogP contribution in [0.2, 0.25) is 0 Å². The predicted molar refractivity (Wildman–Crippen MR) is 123 cm³/mol. The summed E-state index contributed by atoms with van der Waals surface area (Å²) < 4.78 is 12.4. The van der Waals surface area contributed by atoms with Crippen molar-refractivity contribution < 1.29 is 44.0 Å². The third-order valence-electron chi connectivity index (χ3n) is 5.64. The van der Waals surface area contributed by atoms with Crippen LogP contribution in [0.5, 0.6) is 5.75 Å². The number of carboxylic acids is 2.